The number of rotatable bonds is 10. The van der Waals surface area contributed by atoms with Gasteiger partial charge in [0.1, 0.15) is 18.1 Å². The number of benzene rings is 3. The van der Waals surface area contributed by atoms with Crippen molar-refractivity contribution >= 4 is 11.6 Å². The molecular weight excluding hydrogens is 362 g/mol. The molecule has 150 valence electrons. The summed E-state index contributed by atoms with van der Waals surface area (Å²) in [5.41, 5.74) is 2.36. The minimum atomic E-state index is -0.186. The molecule has 1 N–H and O–H groups in total. The van der Waals surface area contributed by atoms with Gasteiger partial charge in [0.2, 0.25) is 0 Å². The van der Waals surface area contributed by atoms with Crippen molar-refractivity contribution in [2.45, 2.75) is 32.8 Å². The first-order chi connectivity index (χ1) is 14.3. The molecule has 3 rings (SSSR count). The molecular formula is C25H27NO3. The van der Waals surface area contributed by atoms with Gasteiger partial charge in [0.05, 0.1) is 12.2 Å². The Morgan fingerprint density at radius 1 is 0.828 bits per heavy atom. The SMILES string of the molecule is CCCCCOc1ccccc1C(=O)Nc1ccc(OCc2ccccc2)cc1. The highest BCUT2D eigenvalue weighted by atomic mass is 16.5. The van der Waals surface area contributed by atoms with Crippen molar-refractivity contribution in [2.24, 2.45) is 0 Å². The zero-order valence-electron chi connectivity index (χ0n) is 16.8. The molecule has 0 saturated heterocycles. The molecule has 3 aromatic rings. The zero-order valence-corrected chi connectivity index (χ0v) is 16.8. The third-order valence-corrected chi connectivity index (χ3v) is 4.50. The van der Waals surface area contributed by atoms with Gasteiger partial charge in [-0.25, -0.2) is 0 Å². The van der Waals surface area contributed by atoms with Crippen LogP contribution in [0.1, 0.15) is 42.1 Å². The molecule has 0 bridgehead atoms. The predicted molar refractivity (Wildman–Crippen MR) is 117 cm³/mol. The van der Waals surface area contributed by atoms with Gasteiger partial charge in [-0.3, -0.25) is 4.79 Å². The van der Waals surface area contributed by atoms with Crippen LogP contribution in [0.2, 0.25) is 0 Å². The Morgan fingerprint density at radius 3 is 2.31 bits per heavy atom. The molecule has 0 fully saturated rings. The lowest BCUT2D eigenvalue weighted by atomic mass is 10.1. The summed E-state index contributed by atoms with van der Waals surface area (Å²) in [6.07, 6.45) is 3.24. The van der Waals surface area contributed by atoms with E-state index in [0.29, 0.717) is 30.2 Å². The number of carbonyl (C=O) groups is 1. The Labute approximate surface area is 172 Å². The molecule has 0 aliphatic rings. The van der Waals surface area contributed by atoms with Crippen molar-refractivity contribution < 1.29 is 14.3 Å². The first-order valence-electron chi connectivity index (χ1n) is 10.1. The van der Waals surface area contributed by atoms with E-state index < -0.39 is 0 Å². The molecule has 4 nitrogen and oxygen atoms in total. The lowest BCUT2D eigenvalue weighted by Crippen LogP contribution is -2.14. The van der Waals surface area contributed by atoms with E-state index in [0.717, 1.165) is 30.6 Å². The summed E-state index contributed by atoms with van der Waals surface area (Å²) < 4.78 is 11.6. The monoisotopic (exact) mass is 389 g/mol. The van der Waals surface area contributed by atoms with Crippen molar-refractivity contribution in [1.29, 1.82) is 0 Å². The van der Waals surface area contributed by atoms with E-state index >= 15 is 0 Å². The highest BCUT2D eigenvalue weighted by Gasteiger charge is 2.12. The van der Waals surface area contributed by atoms with Gasteiger partial charge in [0.15, 0.2) is 0 Å². The molecule has 0 aliphatic carbocycles. The van der Waals surface area contributed by atoms with Crippen LogP contribution in [0.5, 0.6) is 11.5 Å². The Kier molecular flexibility index (Phi) is 7.70. The topological polar surface area (TPSA) is 47.6 Å². The number of amides is 1. The predicted octanol–water partition coefficient (Wildman–Crippen LogP) is 6.09. The maximum Gasteiger partial charge on any atom is 0.259 e. The van der Waals surface area contributed by atoms with Crippen LogP contribution in [0, 0.1) is 0 Å². The highest BCUT2D eigenvalue weighted by molar-refractivity contribution is 6.06. The minimum absolute atomic E-state index is 0.186. The first-order valence-corrected chi connectivity index (χ1v) is 10.1. The molecule has 29 heavy (non-hydrogen) atoms. The molecule has 3 aromatic carbocycles. The number of hydrogen-bond donors (Lipinski definition) is 1. The average Bonchev–Trinajstić information content (AvgIpc) is 2.77. The standard InChI is InChI=1S/C25H27NO3/c1-2-3-9-18-28-24-13-8-7-12-23(24)25(27)26-21-14-16-22(17-15-21)29-19-20-10-5-4-6-11-20/h4-8,10-17H,2-3,9,18-19H2,1H3,(H,26,27). The molecule has 4 heteroatoms. The molecule has 0 saturated carbocycles. The minimum Gasteiger partial charge on any atom is -0.493 e. The van der Waals surface area contributed by atoms with Crippen LogP contribution in [0.25, 0.3) is 0 Å². The highest BCUT2D eigenvalue weighted by Crippen LogP contribution is 2.22. The zero-order chi connectivity index (χ0) is 20.3. The normalized spacial score (nSPS) is 10.4. The Hall–Kier alpha value is -3.27. The van der Waals surface area contributed by atoms with E-state index in [1.165, 1.54) is 0 Å². The number of hydrogen-bond acceptors (Lipinski definition) is 3. The summed E-state index contributed by atoms with van der Waals surface area (Å²) in [4.78, 5) is 12.7. The summed E-state index contributed by atoms with van der Waals surface area (Å²) in [6.45, 7) is 3.28. The summed E-state index contributed by atoms with van der Waals surface area (Å²) in [5, 5.41) is 2.93. The fourth-order valence-corrected chi connectivity index (χ4v) is 2.89. The van der Waals surface area contributed by atoms with Crippen LogP contribution in [0.15, 0.2) is 78.9 Å². The second kappa shape index (κ2) is 10.9. The van der Waals surface area contributed by atoms with Crippen molar-refractivity contribution in [3.8, 4) is 11.5 Å². The van der Waals surface area contributed by atoms with Crippen molar-refractivity contribution in [2.75, 3.05) is 11.9 Å². The number of anilines is 1. The van der Waals surface area contributed by atoms with Gasteiger partial charge >= 0.3 is 0 Å². The molecule has 0 atom stereocenters. The molecule has 0 heterocycles. The van der Waals surface area contributed by atoms with Crippen molar-refractivity contribution in [1.82, 2.24) is 0 Å². The van der Waals surface area contributed by atoms with Gasteiger partial charge in [-0.2, -0.15) is 0 Å². The van der Waals surface area contributed by atoms with E-state index in [9.17, 15) is 4.79 Å². The van der Waals surface area contributed by atoms with E-state index in [1.807, 2.05) is 72.8 Å². The van der Waals surface area contributed by atoms with Crippen LogP contribution >= 0.6 is 0 Å². The fraction of sp³-hybridized carbons (Fsp3) is 0.240. The quantitative estimate of drug-likeness (QED) is 0.427. The molecule has 0 aromatic heterocycles. The van der Waals surface area contributed by atoms with Crippen LogP contribution in [-0.4, -0.2) is 12.5 Å². The van der Waals surface area contributed by atoms with E-state index in [2.05, 4.69) is 12.2 Å². The summed E-state index contributed by atoms with van der Waals surface area (Å²) in [7, 11) is 0. The maximum atomic E-state index is 12.7. The Bertz CT molecular complexity index is 891. The summed E-state index contributed by atoms with van der Waals surface area (Å²) >= 11 is 0. The second-order valence-corrected chi connectivity index (χ2v) is 6.80. The average molecular weight is 389 g/mol. The van der Waals surface area contributed by atoms with Gasteiger partial charge in [0, 0.05) is 5.69 Å². The molecule has 0 unspecified atom stereocenters. The largest absolute Gasteiger partial charge is 0.493 e. The molecule has 0 spiro atoms. The molecule has 0 aliphatic heterocycles. The number of para-hydroxylation sites is 1. The lowest BCUT2D eigenvalue weighted by molar-refractivity contribution is 0.102. The second-order valence-electron chi connectivity index (χ2n) is 6.80. The number of unbranched alkanes of at least 4 members (excludes halogenated alkanes) is 2. The van der Waals surface area contributed by atoms with Crippen LogP contribution in [0.3, 0.4) is 0 Å². The Balaban J connectivity index is 1.56. The van der Waals surface area contributed by atoms with Gasteiger partial charge in [-0.05, 0) is 48.4 Å². The van der Waals surface area contributed by atoms with Gasteiger partial charge in [-0.15, -0.1) is 0 Å². The smallest absolute Gasteiger partial charge is 0.259 e. The van der Waals surface area contributed by atoms with E-state index in [-0.39, 0.29) is 5.91 Å². The van der Waals surface area contributed by atoms with Gasteiger partial charge < -0.3 is 14.8 Å². The Morgan fingerprint density at radius 2 is 1.55 bits per heavy atom. The van der Waals surface area contributed by atoms with E-state index in [4.69, 9.17) is 9.47 Å². The first kappa shape index (κ1) is 20.5. The maximum absolute atomic E-state index is 12.7. The number of carbonyl (C=O) groups excluding carboxylic acids is 1. The van der Waals surface area contributed by atoms with Gasteiger partial charge in [0.25, 0.3) is 5.91 Å². The van der Waals surface area contributed by atoms with Crippen molar-refractivity contribution in [3.05, 3.63) is 90.0 Å². The third kappa shape index (κ3) is 6.39. The summed E-state index contributed by atoms with van der Waals surface area (Å²) in [5.74, 6) is 1.18. The van der Waals surface area contributed by atoms with E-state index in [1.54, 1.807) is 6.07 Å². The van der Waals surface area contributed by atoms with Crippen LogP contribution in [0.4, 0.5) is 5.69 Å². The number of nitrogens with one attached hydrogen (secondary N) is 1. The number of ether oxygens (including phenoxy) is 2. The lowest BCUT2D eigenvalue weighted by Gasteiger charge is -2.12. The van der Waals surface area contributed by atoms with Gasteiger partial charge in [-0.1, -0.05) is 62.2 Å². The fourth-order valence-electron chi connectivity index (χ4n) is 2.89. The molecule has 1 amide bonds. The van der Waals surface area contributed by atoms with Crippen LogP contribution in [-0.2, 0) is 6.61 Å². The third-order valence-electron chi connectivity index (χ3n) is 4.50. The van der Waals surface area contributed by atoms with Crippen LogP contribution < -0.4 is 14.8 Å². The summed E-state index contributed by atoms with van der Waals surface area (Å²) in [6, 6.07) is 24.7. The van der Waals surface area contributed by atoms with Crippen molar-refractivity contribution in [3.63, 3.8) is 0 Å². The molecule has 0 radical (unpaired) electrons.